The molecule has 0 N–H and O–H groups in total. The highest BCUT2D eigenvalue weighted by molar-refractivity contribution is 5.78. The Hall–Kier alpha value is -3.75. The number of hydrogen-bond donors (Lipinski definition) is 0. The summed E-state index contributed by atoms with van der Waals surface area (Å²) >= 11 is 0. The van der Waals surface area contributed by atoms with Crippen LogP contribution in [0.2, 0.25) is 0 Å². The number of aryl methyl sites for hydroxylation is 1. The molecule has 0 aliphatic carbocycles. The van der Waals surface area contributed by atoms with Crippen molar-refractivity contribution in [3.8, 4) is 17.7 Å². The molecule has 1 aliphatic rings. The van der Waals surface area contributed by atoms with Crippen LogP contribution >= 0.6 is 0 Å². The Morgan fingerprint density at radius 3 is 2.48 bits per heavy atom. The maximum absolute atomic E-state index is 11.2. The zero-order chi connectivity index (χ0) is 22.1. The van der Waals surface area contributed by atoms with E-state index in [4.69, 9.17) is 20.8 Å². The normalized spacial score (nSPS) is 14.9. The van der Waals surface area contributed by atoms with Crippen molar-refractivity contribution in [2.75, 3.05) is 56.0 Å². The minimum Gasteiger partial charge on any atom is -0.488 e. The molecule has 2 aromatic carbocycles. The van der Waals surface area contributed by atoms with E-state index in [1.165, 1.54) is 4.90 Å². The van der Waals surface area contributed by atoms with Gasteiger partial charge >= 0.3 is 0 Å². The Morgan fingerprint density at radius 2 is 1.77 bits per heavy atom. The van der Waals surface area contributed by atoms with E-state index in [-0.39, 0.29) is 19.9 Å². The van der Waals surface area contributed by atoms with Gasteiger partial charge in [-0.3, -0.25) is 19.4 Å². The van der Waals surface area contributed by atoms with Gasteiger partial charge in [0.1, 0.15) is 31.0 Å². The molecule has 1 heterocycles. The van der Waals surface area contributed by atoms with Crippen molar-refractivity contribution in [1.82, 2.24) is 0 Å². The van der Waals surface area contributed by atoms with Crippen LogP contribution in [-0.4, -0.2) is 52.5 Å². The summed E-state index contributed by atoms with van der Waals surface area (Å²) in [5.41, 5.74) is 2.89. The van der Waals surface area contributed by atoms with Gasteiger partial charge in [0.05, 0.1) is 31.1 Å². The largest absolute Gasteiger partial charge is 0.488 e. The molecule has 0 fully saturated rings. The molecular formula is C23H24N4O4. The first kappa shape index (κ1) is 21.9. The van der Waals surface area contributed by atoms with Gasteiger partial charge < -0.3 is 14.2 Å². The molecule has 0 spiro atoms. The quantitative estimate of drug-likeness (QED) is 0.419. The SMILES string of the molecule is [C-]#[N+]CN1CCOCCN(C#N)c2ccc(C)cc2OCCOc2cc(C=O)ccc21. The van der Waals surface area contributed by atoms with Crippen LogP contribution in [0.15, 0.2) is 36.4 Å². The van der Waals surface area contributed by atoms with Gasteiger partial charge in [0.25, 0.3) is 6.67 Å². The summed E-state index contributed by atoms with van der Waals surface area (Å²) in [5, 5.41) is 9.61. The zero-order valence-electron chi connectivity index (χ0n) is 17.4. The van der Waals surface area contributed by atoms with E-state index in [0.29, 0.717) is 49.1 Å². The van der Waals surface area contributed by atoms with Crippen LogP contribution in [-0.2, 0) is 4.74 Å². The van der Waals surface area contributed by atoms with Crippen LogP contribution in [0, 0.1) is 25.0 Å². The fourth-order valence-electron chi connectivity index (χ4n) is 3.25. The number of hydrogen-bond acceptors (Lipinski definition) is 7. The Kier molecular flexibility index (Phi) is 7.69. The van der Waals surface area contributed by atoms with Gasteiger partial charge in [-0.15, -0.1) is 0 Å². The van der Waals surface area contributed by atoms with E-state index in [0.717, 1.165) is 17.5 Å². The van der Waals surface area contributed by atoms with Crippen molar-refractivity contribution < 1.29 is 19.0 Å². The van der Waals surface area contributed by atoms with Crippen molar-refractivity contribution in [2.45, 2.75) is 6.92 Å². The topological polar surface area (TPSA) is 79.4 Å². The predicted octanol–water partition coefficient (Wildman–Crippen LogP) is 3.27. The second-order valence-corrected chi connectivity index (χ2v) is 6.94. The summed E-state index contributed by atoms with van der Waals surface area (Å²) in [6, 6.07) is 10.8. The molecule has 0 aromatic heterocycles. The molecule has 8 heteroatoms. The summed E-state index contributed by atoms with van der Waals surface area (Å²) in [6.45, 7) is 11.4. The Balaban J connectivity index is 1.89. The third-order valence-corrected chi connectivity index (χ3v) is 4.79. The summed E-state index contributed by atoms with van der Waals surface area (Å²) in [5.74, 6) is 1.10. The van der Waals surface area contributed by atoms with Crippen molar-refractivity contribution in [1.29, 1.82) is 5.26 Å². The van der Waals surface area contributed by atoms with Gasteiger partial charge in [0.15, 0.2) is 6.19 Å². The van der Waals surface area contributed by atoms with Crippen molar-refractivity contribution in [3.63, 3.8) is 0 Å². The van der Waals surface area contributed by atoms with Crippen LogP contribution < -0.4 is 19.3 Å². The lowest BCUT2D eigenvalue weighted by molar-refractivity contribution is 0.112. The van der Waals surface area contributed by atoms with Crippen LogP contribution in [0.3, 0.4) is 0 Å². The van der Waals surface area contributed by atoms with E-state index in [9.17, 15) is 10.1 Å². The average Bonchev–Trinajstić information content (AvgIpc) is 2.79. The van der Waals surface area contributed by atoms with Crippen molar-refractivity contribution in [2.24, 2.45) is 0 Å². The highest BCUT2D eigenvalue weighted by Crippen LogP contribution is 2.31. The summed E-state index contributed by atoms with van der Waals surface area (Å²) in [4.78, 5) is 18.1. The molecule has 3 rings (SSSR count). The van der Waals surface area contributed by atoms with Crippen LogP contribution in [0.4, 0.5) is 11.4 Å². The molecule has 2 aromatic rings. The first-order valence-corrected chi connectivity index (χ1v) is 9.95. The molecule has 0 unspecified atom stereocenters. The molecule has 0 saturated heterocycles. The van der Waals surface area contributed by atoms with Crippen LogP contribution in [0.5, 0.6) is 11.5 Å². The second-order valence-electron chi connectivity index (χ2n) is 6.94. The smallest absolute Gasteiger partial charge is 0.289 e. The Morgan fingerprint density at radius 1 is 1.06 bits per heavy atom. The Labute approximate surface area is 182 Å². The minimum atomic E-state index is 0.131. The first-order valence-electron chi connectivity index (χ1n) is 9.95. The summed E-state index contributed by atoms with van der Waals surface area (Å²) in [6.07, 6.45) is 2.94. The molecule has 8 nitrogen and oxygen atoms in total. The van der Waals surface area contributed by atoms with Gasteiger partial charge in [0.2, 0.25) is 0 Å². The van der Waals surface area contributed by atoms with E-state index < -0.39 is 0 Å². The van der Waals surface area contributed by atoms with E-state index >= 15 is 0 Å². The number of carbonyl (C=O) groups is 1. The molecule has 0 amide bonds. The number of fused-ring (bicyclic) bond motifs is 2. The maximum atomic E-state index is 11.2. The number of rotatable bonds is 2. The third kappa shape index (κ3) is 5.65. The van der Waals surface area contributed by atoms with Crippen molar-refractivity contribution >= 4 is 17.7 Å². The minimum absolute atomic E-state index is 0.131. The zero-order valence-corrected chi connectivity index (χ0v) is 17.4. The summed E-state index contributed by atoms with van der Waals surface area (Å²) < 4.78 is 17.6. The number of anilines is 2. The van der Waals surface area contributed by atoms with Gasteiger partial charge in [-0.1, -0.05) is 6.07 Å². The van der Waals surface area contributed by atoms with E-state index in [1.54, 1.807) is 18.2 Å². The first-order chi connectivity index (χ1) is 15.2. The fraction of sp³-hybridized carbons (Fsp3) is 0.348. The standard InChI is InChI=1S/C23H24N4O4/c1-18-3-5-20-22(13-18)30-11-12-31-23-14-19(15-28)4-6-21(23)27(17-25-2)8-10-29-9-7-26(20)16-24/h3-6,13-15H,7-12,17H2,1H3. The maximum Gasteiger partial charge on any atom is 0.289 e. The number of aldehydes is 1. The number of nitriles is 1. The molecule has 31 heavy (non-hydrogen) atoms. The number of benzene rings is 2. The lowest BCUT2D eigenvalue weighted by atomic mass is 10.2. The fourth-order valence-corrected chi connectivity index (χ4v) is 3.25. The van der Waals surface area contributed by atoms with E-state index in [2.05, 4.69) is 11.0 Å². The second kappa shape index (κ2) is 10.9. The lowest BCUT2D eigenvalue weighted by Gasteiger charge is -2.22. The van der Waals surface area contributed by atoms with Crippen molar-refractivity contribution in [3.05, 3.63) is 58.9 Å². The van der Waals surface area contributed by atoms with Gasteiger partial charge in [0, 0.05) is 12.1 Å². The van der Waals surface area contributed by atoms with E-state index in [1.807, 2.05) is 30.0 Å². The summed E-state index contributed by atoms with van der Waals surface area (Å²) in [7, 11) is 0. The highest BCUT2D eigenvalue weighted by atomic mass is 16.5. The number of nitrogens with zero attached hydrogens (tertiary/aromatic N) is 4. The highest BCUT2D eigenvalue weighted by Gasteiger charge is 2.17. The average molecular weight is 420 g/mol. The van der Waals surface area contributed by atoms with Gasteiger partial charge in [-0.25, -0.2) is 6.57 Å². The van der Waals surface area contributed by atoms with Gasteiger partial charge in [-0.2, -0.15) is 5.26 Å². The molecule has 0 saturated carbocycles. The number of ether oxygens (including phenoxy) is 3. The third-order valence-electron chi connectivity index (χ3n) is 4.79. The molecule has 0 atom stereocenters. The van der Waals surface area contributed by atoms with Crippen LogP contribution in [0.25, 0.3) is 4.85 Å². The molecule has 1 aliphatic heterocycles. The molecular weight excluding hydrogens is 396 g/mol. The number of carbonyl (C=O) groups excluding carboxylic acids is 1. The monoisotopic (exact) mass is 420 g/mol. The molecule has 0 bridgehead atoms. The lowest BCUT2D eigenvalue weighted by Crippen LogP contribution is -2.29. The van der Waals surface area contributed by atoms with Gasteiger partial charge in [-0.05, 0) is 42.8 Å². The molecule has 0 radical (unpaired) electrons. The molecule has 160 valence electrons. The van der Waals surface area contributed by atoms with Crippen LogP contribution in [0.1, 0.15) is 15.9 Å². The Bertz CT molecular complexity index is 996. The predicted molar refractivity (Wildman–Crippen MR) is 117 cm³/mol.